The number of ether oxygens (including phenoxy) is 1. The van der Waals surface area contributed by atoms with Crippen LogP contribution in [0.1, 0.15) is 89.3 Å². The maximum atomic E-state index is 12.8. The molecule has 0 aromatic heterocycles. The number of aliphatic hydroxyl groups excluding tert-OH is 1. The van der Waals surface area contributed by atoms with Crippen LogP contribution in [0.2, 0.25) is 0 Å². The standard InChI is InChI=1S/C35H46N2O5S2/c1-8-9-10-12-24-18-22(5)29(26-17-21(4)14-15-25(26)20(2)3)27(19-24)42-34(43)36-16-11-13-28-30(31(39)40)37-32(41)35(7,23(6)38)33(37)44-28/h11,13,17-19,23,25-26,33,38H,2,8-10,12,14-16H2,1,3-7H3,(H,36,43)(H,39,40)/b13-11+/t23-,25+,26-,33-,35+/m1/s1. The number of nitrogens with zero attached hydrogens (tertiary/aromatic N) is 1. The molecule has 1 fully saturated rings. The van der Waals surface area contributed by atoms with Crippen molar-refractivity contribution in [1.29, 1.82) is 0 Å². The molecule has 3 N–H and O–H groups in total. The number of thioether (sulfide) groups is 1. The number of rotatable bonds is 12. The topological polar surface area (TPSA) is 99.1 Å². The first-order valence-electron chi connectivity index (χ1n) is 15.5. The number of hydrogen-bond donors (Lipinski definition) is 3. The van der Waals surface area contributed by atoms with E-state index in [1.54, 1.807) is 26.0 Å². The van der Waals surface area contributed by atoms with Gasteiger partial charge in [-0.2, -0.15) is 0 Å². The molecular weight excluding hydrogens is 593 g/mol. The predicted octanol–water partition coefficient (Wildman–Crippen LogP) is 7.15. The van der Waals surface area contributed by atoms with E-state index in [2.05, 4.69) is 57.8 Å². The molecule has 1 aliphatic carbocycles. The zero-order valence-corrected chi connectivity index (χ0v) is 28.4. The second-order valence-corrected chi connectivity index (χ2v) is 14.1. The number of unbranched alkanes of at least 4 members (excludes halogenated alkanes) is 2. The van der Waals surface area contributed by atoms with Crippen LogP contribution in [-0.2, 0) is 16.0 Å². The number of hydrogen-bond acceptors (Lipinski definition) is 6. The van der Waals surface area contributed by atoms with Gasteiger partial charge in [-0.15, -0.1) is 0 Å². The molecule has 1 saturated heterocycles. The number of allylic oxidation sites excluding steroid dienone is 4. The molecule has 0 bridgehead atoms. The fraction of sp³-hybridized carbons (Fsp3) is 0.514. The second kappa shape index (κ2) is 14.0. The molecule has 4 rings (SSSR count). The van der Waals surface area contributed by atoms with Crippen LogP contribution in [-0.4, -0.2) is 50.2 Å². The molecule has 2 heterocycles. The minimum Gasteiger partial charge on any atom is -0.477 e. The Morgan fingerprint density at radius 1 is 1.34 bits per heavy atom. The lowest BCUT2D eigenvalue weighted by Crippen LogP contribution is -2.68. The van der Waals surface area contributed by atoms with Crippen molar-refractivity contribution >= 4 is 41.0 Å². The molecule has 9 heteroatoms. The van der Waals surface area contributed by atoms with Gasteiger partial charge in [-0.05, 0) is 102 Å². The molecule has 5 atom stereocenters. The summed E-state index contributed by atoms with van der Waals surface area (Å²) in [5.41, 5.74) is 5.03. The fourth-order valence-electron chi connectivity index (χ4n) is 6.50. The lowest BCUT2D eigenvalue weighted by molar-refractivity contribution is -0.170. The average molecular weight is 639 g/mol. The van der Waals surface area contributed by atoms with Crippen LogP contribution in [0.25, 0.3) is 0 Å². The highest BCUT2D eigenvalue weighted by Crippen LogP contribution is 2.57. The minimum absolute atomic E-state index is 0.0545. The summed E-state index contributed by atoms with van der Waals surface area (Å²) in [5.74, 6) is -0.301. The predicted molar refractivity (Wildman–Crippen MR) is 181 cm³/mol. The second-order valence-electron chi connectivity index (χ2n) is 12.6. The Morgan fingerprint density at radius 2 is 2.07 bits per heavy atom. The summed E-state index contributed by atoms with van der Waals surface area (Å²) >= 11 is 6.92. The molecule has 238 valence electrons. The number of thiocarbonyl (C=S) groups is 1. The largest absolute Gasteiger partial charge is 0.477 e. The highest BCUT2D eigenvalue weighted by Gasteiger charge is 2.65. The van der Waals surface area contributed by atoms with E-state index < -0.39 is 22.9 Å². The third kappa shape index (κ3) is 6.70. The van der Waals surface area contributed by atoms with E-state index in [1.165, 1.54) is 45.4 Å². The zero-order chi connectivity index (χ0) is 32.3. The monoisotopic (exact) mass is 638 g/mol. The molecule has 3 aliphatic rings. The number of aliphatic carboxylic acids is 1. The number of benzene rings is 1. The number of carboxylic acids is 1. The van der Waals surface area contributed by atoms with Gasteiger partial charge < -0.3 is 20.3 Å². The van der Waals surface area contributed by atoms with E-state index in [-0.39, 0.29) is 22.7 Å². The number of aliphatic hydroxyl groups is 1. The number of carbonyl (C=O) groups is 2. The lowest BCUT2D eigenvalue weighted by atomic mass is 9.73. The number of carboxylic acid groups (broad SMARTS) is 1. The van der Waals surface area contributed by atoms with E-state index in [1.807, 2.05) is 0 Å². The summed E-state index contributed by atoms with van der Waals surface area (Å²) < 4.78 is 6.37. The number of β-lactam (4-membered cyclic amide) rings is 1. The van der Waals surface area contributed by atoms with Gasteiger partial charge in [-0.25, -0.2) is 4.79 Å². The molecule has 2 aliphatic heterocycles. The van der Waals surface area contributed by atoms with Crippen molar-refractivity contribution in [2.45, 2.75) is 97.5 Å². The number of carbonyl (C=O) groups excluding carboxylic acids is 1. The van der Waals surface area contributed by atoms with E-state index in [9.17, 15) is 19.8 Å². The van der Waals surface area contributed by atoms with Crippen molar-refractivity contribution in [3.63, 3.8) is 0 Å². The average Bonchev–Trinajstić information content (AvgIpc) is 3.31. The van der Waals surface area contributed by atoms with Crippen molar-refractivity contribution in [2.24, 2.45) is 11.3 Å². The van der Waals surface area contributed by atoms with Gasteiger partial charge in [-0.3, -0.25) is 9.69 Å². The van der Waals surface area contributed by atoms with Gasteiger partial charge in [0.05, 0.1) is 6.10 Å². The van der Waals surface area contributed by atoms with Crippen molar-refractivity contribution in [3.8, 4) is 5.75 Å². The first kappa shape index (κ1) is 34.0. The van der Waals surface area contributed by atoms with E-state index in [0.717, 1.165) is 43.4 Å². The summed E-state index contributed by atoms with van der Waals surface area (Å²) in [6.07, 6.45) is 11.5. The smallest absolute Gasteiger partial charge is 0.353 e. The maximum Gasteiger partial charge on any atom is 0.353 e. The molecule has 1 aromatic carbocycles. The normalized spacial score (nSPS) is 25.4. The highest BCUT2D eigenvalue weighted by molar-refractivity contribution is 8.04. The Hall–Kier alpha value is -2.88. The quantitative estimate of drug-likeness (QED) is 0.0961. The molecule has 1 amide bonds. The Bertz CT molecular complexity index is 1430. The Balaban J connectivity index is 1.52. The number of fused-ring (bicyclic) bond motifs is 1. The zero-order valence-electron chi connectivity index (χ0n) is 26.7. The van der Waals surface area contributed by atoms with Gasteiger partial charge in [0.1, 0.15) is 22.2 Å². The van der Waals surface area contributed by atoms with Crippen molar-refractivity contribution in [1.82, 2.24) is 10.2 Å². The van der Waals surface area contributed by atoms with Crippen LogP contribution in [0.5, 0.6) is 5.75 Å². The lowest BCUT2D eigenvalue weighted by Gasteiger charge is -2.51. The third-order valence-corrected chi connectivity index (χ3v) is 11.0. The van der Waals surface area contributed by atoms with E-state index in [4.69, 9.17) is 17.0 Å². The summed E-state index contributed by atoms with van der Waals surface area (Å²) in [5, 5.41) is 23.0. The molecule has 0 radical (unpaired) electrons. The molecular formula is C35H46N2O5S2. The van der Waals surface area contributed by atoms with Crippen LogP contribution in [0.15, 0.2) is 58.7 Å². The first-order chi connectivity index (χ1) is 20.8. The summed E-state index contributed by atoms with van der Waals surface area (Å²) in [6, 6.07) is 4.42. The first-order valence-corrected chi connectivity index (χ1v) is 16.8. The van der Waals surface area contributed by atoms with Gasteiger partial charge in [0.15, 0.2) is 0 Å². The molecule has 44 heavy (non-hydrogen) atoms. The van der Waals surface area contributed by atoms with Gasteiger partial charge in [-0.1, -0.05) is 67.5 Å². The minimum atomic E-state index is -1.17. The van der Waals surface area contributed by atoms with Crippen molar-refractivity contribution in [3.05, 3.63) is 75.4 Å². The van der Waals surface area contributed by atoms with Crippen LogP contribution in [0.3, 0.4) is 0 Å². The van der Waals surface area contributed by atoms with Crippen LogP contribution in [0.4, 0.5) is 0 Å². The molecule has 1 aromatic rings. The molecule has 0 spiro atoms. The van der Waals surface area contributed by atoms with Gasteiger partial charge in [0.2, 0.25) is 5.91 Å². The SMILES string of the molecule is C=C(C)[C@@H]1CCC(C)=C[C@H]1c1c(C)cc(CCCCC)cc1OC(=S)NC/C=C/C1=C(C(=O)O)N2C(=O)[C@](C)([C@@H](C)O)[C@H]2S1. The maximum absolute atomic E-state index is 12.8. The van der Waals surface area contributed by atoms with E-state index in [0.29, 0.717) is 17.4 Å². The summed E-state index contributed by atoms with van der Waals surface area (Å²) in [4.78, 5) is 26.6. The van der Waals surface area contributed by atoms with Crippen molar-refractivity contribution < 1.29 is 24.5 Å². The summed E-state index contributed by atoms with van der Waals surface area (Å²) in [6.45, 7) is 16.5. The van der Waals surface area contributed by atoms with Crippen LogP contribution < -0.4 is 10.1 Å². The van der Waals surface area contributed by atoms with Gasteiger partial charge >= 0.3 is 5.97 Å². The van der Waals surface area contributed by atoms with Gasteiger partial charge in [0.25, 0.3) is 5.17 Å². The van der Waals surface area contributed by atoms with E-state index >= 15 is 0 Å². The summed E-state index contributed by atoms with van der Waals surface area (Å²) in [7, 11) is 0. The Labute approximate surface area is 271 Å². The fourth-order valence-corrected chi connectivity index (χ4v) is 8.23. The van der Waals surface area contributed by atoms with Crippen LogP contribution in [0, 0.1) is 18.3 Å². The van der Waals surface area contributed by atoms with Crippen molar-refractivity contribution in [2.75, 3.05) is 6.54 Å². The van der Waals surface area contributed by atoms with Crippen LogP contribution >= 0.6 is 24.0 Å². The molecule has 0 saturated carbocycles. The number of aryl methyl sites for hydroxylation is 2. The van der Waals surface area contributed by atoms with Gasteiger partial charge in [0, 0.05) is 22.9 Å². The molecule has 0 unspecified atom stereocenters. The Kier molecular flexibility index (Phi) is 10.9. The highest BCUT2D eigenvalue weighted by atomic mass is 32.2. The number of amides is 1. The Morgan fingerprint density at radius 3 is 2.70 bits per heavy atom. The molecule has 7 nitrogen and oxygen atoms in total. The third-order valence-electron chi connectivity index (χ3n) is 9.24. The number of nitrogens with one attached hydrogen (secondary N) is 1.